The Balaban J connectivity index is 0.00000576. The molecule has 2 unspecified atom stereocenters. The Morgan fingerprint density at radius 2 is 1.88 bits per heavy atom. The minimum absolute atomic E-state index is 0. The Hall–Kier alpha value is -0.960. The minimum atomic E-state index is 0. The lowest BCUT2D eigenvalue weighted by Crippen LogP contribution is -2.42. The summed E-state index contributed by atoms with van der Waals surface area (Å²) in [6.45, 7) is 7.62. The van der Waals surface area contributed by atoms with Crippen LogP contribution in [0.15, 0.2) is 40.2 Å². The maximum Gasteiger partial charge on any atom is 0.221 e. The Kier molecular flexibility index (Phi) is 13.7. The van der Waals surface area contributed by atoms with E-state index in [9.17, 15) is 4.79 Å². The van der Waals surface area contributed by atoms with Crippen molar-refractivity contribution in [3.05, 3.63) is 30.3 Å². The monoisotopic (exact) mass is 478 g/mol. The van der Waals surface area contributed by atoms with Gasteiger partial charge in [0.05, 0.1) is 0 Å². The van der Waals surface area contributed by atoms with Gasteiger partial charge in [0.15, 0.2) is 5.96 Å². The molecule has 0 bridgehead atoms. The SMILES string of the molecule is CCC(C)NC(=O)CCNC(=NC)NCC(C)Sc1ccccc1.I. The predicted octanol–water partition coefficient (Wildman–Crippen LogP) is 3.26. The second kappa shape index (κ2) is 14.2. The maximum absolute atomic E-state index is 11.7. The third kappa shape index (κ3) is 11.3. The van der Waals surface area contributed by atoms with E-state index in [0.717, 1.165) is 18.9 Å². The minimum Gasteiger partial charge on any atom is -0.356 e. The third-order valence-corrected chi connectivity index (χ3v) is 4.64. The van der Waals surface area contributed by atoms with E-state index in [0.29, 0.717) is 18.2 Å². The van der Waals surface area contributed by atoms with Gasteiger partial charge in [-0.25, -0.2) is 0 Å². The highest BCUT2D eigenvalue weighted by Crippen LogP contribution is 2.21. The van der Waals surface area contributed by atoms with Crippen LogP contribution in [0, 0.1) is 0 Å². The van der Waals surface area contributed by atoms with E-state index in [-0.39, 0.29) is 35.9 Å². The molecule has 0 aliphatic heterocycles. The van der Waals surface area contributed by atoms with Gasteiger partial charge in [0, 0.05) is 42.7 Å². The fourth-order valence-electron chi connectivity index (χ4n) is 1.98. The van der Waals surface area contributed by atoms with Crippen LogP contribution in [0.25, 0.3) is 0 Å². The van der Waals surface area contributed by atoms with Crippen LogP contribution in [0.1, 0.15) is 33.6 Å². The van der Waals surface area contributed by atoms with Gasteiger partial charge in [0.2, 0.25) is 5.91 Å². The van der Waals surface area contributed by atoms with Gasteiger partial charge >= 0.3 is 0 Å². The molecule has 0 aromatic heterocycles. The number of nitrogens with zero attached hydrogens (tertiary/aromatic N) is 1. The summed E-state index contributed by atoms with van der Waals surface area (Å²) >= 11 is 1.82. The summed E-state index contributed by atoms with van der Waals surface area (Å²) in [5.41, 5.74) is 0. The standard InChI is InChI=1S/C18H30N4OS.HI/c1-5-14(2)22-17(23)11-12-20-18(19-4)21-13-15(3)24-16-9-7-6-8-10-16;/h6-10,14-15H,5,11-13H2,1-4H3,(H,22,23)(H2,19,20,21);1H. The van der Waals surface area contributed by atoms with Crippen molar-refractivity contribution in [2.24, 2.45) is 4.99 Å². The number of halogens is 1. The normalized spacial score (nSPS) is 13.4. The predicted molar refractivity (Wildman–Crippen MR) is 119 cm³/mol. The number of thioether (sulfide) groups is 1. The van der Waals surface area contributed by atoms with Gasteiger partial charge in [0.1, 0.15) is 0 Å². The fourth-order valence-corrected chi connectivity index (χ4v) is 2.92. The van der Waals surface area contributed by atoms with E-state index in [2.05, 4.69) is 46.9 Å². The smallest absolute Gasteiger partial charge is 0.221 e. The third-order valence-electron chi connectivity index (χ3n) is 3.53. The van der Waals surface area contributed by atoms with Gasteiger partial charge in [-0.2, -0.15) is 0 Å². The molecule has 0 saturated heterocycles. The van der Waals surface area contributed by atoms with E-state index in [1.165, 1.54) is 4.90 Å². The van der Waals surface area contributed by atoms with Gasteiger partial charge in [-0.15, -0.1) is 35.7 Å². The molecule has 1 amide bonds. The van der Waals surface area contributed by atoms with Gasteiger partial charge < -0.3 is 16.0 Å². The molecule has 0 radical (unpaired) electrons. The van der Waals surface area contributed by atoms with Crippen molar-refractivity contribution < 1.29 is 4.79 Å². The number of rotatable bonds is 9. The van der Waals surface area contributed by atoms with Crippen LogP contribution in [0.3, 0.4) is 0 Å². The molecule has 0 aliphatic carbocycles. The van der Waals surface area contributed by atoms with Crippen LogP contribution < -0.4 is 16.0 Å². The Labute approximate surface area is 173 Å². The molecule has 1 aromatic rings. The highest BCUT2D eigenvalue weighted by Gasteiger charge is 2.07. The van der Waals surface area contributed by atoms with Crippen LogP contribution >= 0.6 is 35.7 Å². The first-order valence-electron chi connectivity index (χ1n) is 8.50. The molecular formula is C18H31IN4OS. The number of carbonyl (C=O) groups is 1. The fraction of sp³-hybridized carbons (Fsp3) is 0.556. The summed E-state index contributed by atoms with van der Waals surface area (Å²) < 4.78 is 0. The first kappa shape index (κ1) is 24.0. The van der Waals surface area contributed by atoms with Crippen molar-refractivity contribution in [1.82, 2.24) is 16.0 Å². The number of hydrogen-bond acceptors (Lipinski definition) is 3. The lowest BCUT2D eigenvalue weighted by Gasteiger charge is -2.16. The van der Waals surface area contributed by atoms with E-state index < -0.39 is 0 Å². The number of carbonyl (C=O) groups excluding carboxylic acids is 1. The van der Waals surface area contributed by atoms with Crippen LogP contribution in [-0.2, 0) is 4.79 Å². The van der Waals surface area contributed by atoms with Crippen molar-refractivity contribution in [3.63, 3.8) is 0 Å². The molecule has 25 heavy (non-hydrogen) atoms. The molecule has 0 fully saturated rings. The zero-order chi connectivity index (χ0) is 17.8. The van der Waals surface area contributed by atoms with E-state index in [1.54, 1.807) is 7.05 Å². The van der Waals surface area contributed by atoms with Crippen LogP contribution in [0.2, 0.25) is 0 Å². The molecule has 0 spiro atoms. The van der Waals surface area contributed by atoms with Crippen molar-refractivity contribution in [2.75, 3.05) is 20.1 Å². The number of aliphatic imine (C=N–C) groups is 1. The molecule has 5 nitrogen and oxygen atoms in total. The molecule has 0 saturated carbocycles. The Morgan fingerprint density at radius 1 is 1.20 bits per heavy atom. The van der Waals surface area contributed by atoms with Crippen LogP contribution in [0.4, 0.5) is 0 Å². The first-order valence-corrected chi connectivity index (χ1v) is 9.38. The van der Waals surface area contributed by atoms with Gasteiger partial charge in [-0.1, -0.05) is 32.0 Å². The number of amides is 1. The highest BCUT2D eigenvalue weighted by atomic mass is 127. The van der Waals surface area contributed by atoms with Gasteiger partial charge in [-0.3, -0.25) is 9.79 Å². The summed E-state index contributed by atoms with van der Waals surface area (Å²) in [6, 6.07) is 10.6. The van der Waals surface area contributed by atoms with Gasteiger partial charge in [-0.05, 0) is 25.5 Å². The van der Waals surface area contributed by atoms with Gasteiger partial charge in [0.25, 0.3) is 0 Å². The number of guanidine groups is 1. The second-order valence-corrected chi connectivity index (χ2v) is 7.26. The quantitative estimate of drug-likeness (QED) is 0.221. The van der Waals surface area contributed by atoms with E-state index >= 15 is 0 Å². The summed E-state index contributed by atoms with van der Waals surface area (Å²) in [5.74, 6) is 0.798. The molecule has 0 aliphatic rings. The Morgan fingerprint density at radius 3 is 2.48 bits per heavy atom. The zero-order valence-corrected chi connectivity index (χ0v) is 18.7. The lowest BCUT2D eigenvalue weighted by molar-refractivity contribution is -0.121. The molecule has 0 heterocycles. The first-order chi connectivity index (χ1) is 11.5. The van der Waals surface area contributed by atoms with Crippen molar-refractivity contribution in [2.45, 2.75) is 49.8 Å². The molecular weight excluding hydrogens is 447 g/mol. The topological polar surface area (TPSA) is 65.5 Å². The zero-order valence-electron chi connectivity index (χ0n) is 15.5. The number of nitrogens with one attached hydrogen (secondary N) is 3. The largest absolute Gasteiger partial charge is 0.356 e. The second-order valence-electron chi connectivity index (χ2n) is 5.75. The molecule has 2 atom stereocenters. The average Bonchev–Trinajstić information content (AvgIpc) is 2.58. The van der Waals surface area contributed by atoms with Crippen molar-refractivity contribution >= 4 is 47.6 Å². The molecule has 142 valence electrons. The molecule has 3 N–H and O–H groups in total. The van der Waals surface area contributed by atoms with E-state index in [4.69, 9.17) is 0 Å². The highest BCUT2D eigenvalue weighted by molar-refractivity contribution is 14.0. The average molecular weight is 478 g/mol. The van der Waals surface area contributed by atoms with E-state index in [1.807, 2.05) is 36.9 Å². The Bertz CT molecular complexity index is 513. The summed E-state index contributed by atoms with van der Waals surface area (Å²) in [7, 11) is 1.74. The summed E-state index contributed by atoms with van der Waals surface area (Å²) in [4.78, 5) is 17.2. The lowest BCUT2D eigenvalue weighted by atomic mass is 10.2. The number of hydrogen-bond donors (Lipinski definition) is 3. The maximum atomic E-state index is 11.7. The van der Waals surface area contributed by atoms with Crippen molar-refractivity contribution in [3.8, 4) is 0 Å². The summed E-state index contributed by atoms with van der Waals surface area (Å²) in [5, 5.41) is 9.85. The van der Waals surface area contributed by atoms with Crippen LogP contribution in [-0.4, -0.2) is 43.3 Å². The molecule has 7 heteroatoms. The van der Waals surface area contributed by atoms with Crippen LogP contribution in [0.5, 0.6) is 0 Å². The molecule has 1 aromatic carbocycles. The molecule has 1 rings (SSSR count). The van der Waals surface area contributed by atoms with Crippen molar-refractivity contribution in [1.29, 1.82) is 0 Å². The summed E-state index contributed by atoms with van der Waals surface area (Å²) in [6.07, 6.45) is 1.39. The number of benzene rings is 1.